The first-order valence-corrected chi connectivity index (χ1v) is 3.14. The van der Waals surface area contributed by atoms with Crippen LogP contribution in [0.25, 0.3) is 0 Å². The Labute approximate surface area is 65.2 Å². The van der Waals surface area contributed by atoms with E-state index in [0.717, 1.165) is 0 Å². The lowest BCUT2D eigenvalue weighted by Gasteiger charge is -2.00. The summed E-state index contributed by atoms with van der Waals surface area (Å²) in [6, 6.07) is 0. The summed E-state index contributed by atoms with van der Waals surface area (Å²) in [5.41, 5.74) is 0. The highest BCUT2D eigenvalue weighted by Crippen LogP contribution is 1.95. The van der Waals surface area contributed by atoms with E-state index in [-0.39, 0.29) is 11.5 Å². The molecule has 0 atom stereocenters. The summed E-state index contributed by atoms with van der Waals surface area (Å²) in [4.78, 5) is 21.0. The van der Waals surface area contributed by atoms with Crippen molar-refractivity contribution in [3.63, 3.8) is 0 Å². The van der Waals surface area contributed by atoms with Crippen molar-refractivity contribution in [2.45, 2.75) is 13.8 Å². The van der Waals surface area contributed by atoms with Gasteiger partial charge < -0.3 is 10.1 Å². The van der Waals surface area contributed by atoms with Crippen molar-refractivity contribution in [2.24, 2.45) is 0 Å². The monoisotopic (exact) mass is 157 g/mol. The zero-order valence-corrected chi connectivity index (χ0v) is 6.80. The molecule has 0 spiro atoms. The van der Waals surface area contributed by atoms with E-state index in [9.17, 15) is 9.59 Å². The quantitative estimate of drug-likeness (QED) is 0.477. The number of amides is 1. The first kappa shape index (κ1) is 9.68. The fourth-order valence-electron chi connectivity index (χ4n) is 0.513. The van der Waals surface area contributed by atoms with E-state index in [4.69, 9.17) is 0 Å². The van der Waals surface area contributed by atoms with Crippen LogP contribution in [0.5, 0.6) is 0 Å². The molecule has 1 amide bonds. The van der Waals surface area contributed by atoms with Gasteiger partial charge in [-0.2, -0.15) is 0 Å². The minimum Gasteiger partial charge on any atom is -0.415 e. The third-order valence-electron chi connectivity index (χ3n) is 0.864. The summed E-state index contributed by atoms with van der Waals surface area (Å²) in [7, 11) is 1.45. The second-order valence-electron chi connectivity index (χ2n) is 2.01. The van der Waals surface area contributed by atoms with Crippen LogP contribution in [-0.4, -0.2) is 18.9 Å². The molecular weight excluding hydrogens is 146 g/mol. The number of allylic oxidation sites excluding steroid dienone is 2. The smallest absolute Gasteiger partial charge is 0.412 e. The maximum absolute atomic E-state index is 10.5. The molecule has 0 fully saturated rings. The maximum atomic E-state index is 10.5. The third-order valence-corrected chi connectivity index (χ3v) is 0.864. The molecular formula is C7H11NO3. The lowest BCUT2D eigenvalue weighted by molar-refractivity contribution is -0.112. The van der Waals surface area contributed by atoms with E-state index in [0.29, 0.717) is 0 Å². The van der Waals surface area contributed by atoms with Crippen LogP contribution >= 0.6 is 0 Å². The van der Waals surface area contributed by atoms with Gasteiger partial charge >= 0.3 is 6.09 Å². The van der Waals surface area contributed by atoms with Gasteiger partial charge in [0.2, 0.25) is 0 Å². The number of rotatable bonds is 2. The van der Waals surface area contributed by atoms with Crippen LogP contribution in [0, 0.1) is 0 Å². The van der Waals surface area contributed by atoms with Crippen LogP contribution in [0.2, 0.25) is 0 Å². The van der Waals surface area contributed by atoms with Crippen molar-refractivity contribution in [3.8, 4) is 0 Å². The highest BCUT2D eigenvalue weighted by Gasteiger charge is 1.99. The van der Waals surface area contributed by atoms with Crippen molar-refractivity contribution >= 4 is 11.9 Å². The predicted octanol–water partition coefficient (Wildman–Crippen LogP) is 0.835. The molecule has 0 aromatic rings. The van der Waals surface area contributed by atoms with Crippen LogP contribution in [0.4, 0.5) is 4.79 Å². The normalized spacial score (nSPS) is 10.6. The molecule has 4 nitrogen and oxygen atoms in total. The molecule has 11 heavy (non-hydrogen) atoms. The Morgan fingerprint density at radius 1 is 1.36 bits per heavy atom. The molecule has 0 aromatic heterocycles. The molecule has 0 aliphatic rings. The van der Waals surface area contributed by atoms with Crippen LogP contribution < -0.4 is 5.32 Å². The zero-order valence-electron chi connectivity index (χ0n) is 6.80. The number of nitrogens with one attached hydrogen (secondary N) is 1. The molecule has 1 N–H and O–H groups in total. The molecule has 62 valence electrons. The number of carbonyl (C=O) groups excluding carboxylic acids is 2. The van der Waals surface area contributed by atoms with Gasteiger partial charge in [0.25, 0.3) is 0 Å². The third kappa shape index (κ3) is 5.14. The first-order chi connectivity index (χ1) is 5.06. The van der Waals surface area contributed by atoms with E-state index in [1.54, 1.807) is 0 Å². The average Bonchev–Trinajstić information content (AvgIpc) is 1.85. The Bertz CT molecular complexity index is 196. The van der Waals surface area contributed by atoms with Crippen molar-refractivity contribution < 1.29 is 14.3 Å². The molecule has 4 heteroatoms. The Morgan fingerprint density at radius 3 is 2.27 bits per heavy atom. The van der Waals surface area contributed by atoms with Gasteiger partial charge in [-0.25, -0.2) is 4.79 Å². The summed E-state index contributed by atoms with van der Waals surface area (Å²) in [5, 5.41) is 2.26. The van der Waals surface area contributed by atoms with Gasteiger partial charge in [0.1, 0.15) is 5.76 Å². The number of alkyl carbamates (subject to hydrolysis) is 1. The van der Waals surface area contributed by atoms with Gasteiger partial charge in [-0.3, -0.25) is 4.79 Å². The van der Waals surface area contributed by atoms with Crippen LogP contribution in [-0.2, 0) is 9.53 Å². The molecule has 0 bridgehead atoms. The number of hydrogen-bond donors (Lipinski definition) is 1. The van der Waals surface area contributed by atoms with Crippen molar-refractivity contribution in [2.75, 3.05) is 7.05 Å². The average molecular weight is 157 g/mol. The van der Waals surface area contributed by atoms with Gasteiger partial charge in [0.05, 0.1) is 0 Å². The Balaban J connectivity index is 3.96. The number of ether oxygens (including phenoxy) is 1. The van der Waals surface area contributed by atoms with Gasteiger partial charge in [0.15, 0.2) is 5.78 Å². The van der Waals surface area contributed by atoms with E-state index in [1.807, 2.05) is 0 Å². The highest BCUT2D eigenvalue weighted by molar-refractivity contribution is 5.88. The van der Waals surface area contributed by atoms with E-state index in [2.05, 4.69) is 10.1 Å². The van der Waals surface area contributed by atoms with Crippen molar-refractivity contribution in [3.05, 3.63) is 11.8 Å². The molecule has 0 aromatic carbocycles. The topological polar surface area (TPSA) is 55.4 Å². The summed E-state index contributed by atoms with van der Waals surface area (Å²) in [6.45, 7) is 2.92. The standard InChI is InChI=1S/C7H11NO3/c1-5(9)4-6(2)11-7(10)8-3/h4H,1-3H3,(H,8,10). The largest absolute Gasteiger partial charge is 0.415 e. The van der Waals surface area contributed by atoms with Gasteiger partial charge in [0, 0.05) is 13.1 Å². The van der Waals surface area contributed by atoms with E-state index < -0.39 is 6.09 Å². The molecule has 0 saturated carbocycles. The van der Waals surface area contributed by atoms with Gasteiger partial charge in [-0.15, -0.1) is 0 Å². The fourth-order valence-corrected chi connectivity index (χ4v) is 0.513. The number of ketones is 1. The van der Waals surface area contributed by atoms with E-state index >= 15 is 0 Å². The molecule has 0 heterocycles. The Morgan fingerprint density at radius 2 is 1.91 bits per heavy atom. The zero-order chi connectivity index (χ0) is 8.85. The predicted molar refractivity (Wildman–Crippen MR) is 40.0 cm³/mol. The molecule has 0 saturated heterocycles. The minimum atomic E-state index is -0.569. The lowest BCUT2D eigenvalue weighted by atomic mass is 10.4. The minimum absolute atomic E-state index is 0.147. The summed E-state index contributed by atoms with van der Waals surface area (Å²) in [6.07, 6.45) is 0.676. The molecule has 0 aliphatic heterocycles. The summed E-state index contributed by atoms with van der Waals surface area (Å²) >= 11 is 0. The Kier molecular flexibility index (Phi) is 3.95. The van der Waals surface area contributed by atoms with Crippen molar-refractivity contribution in [1.82, 2.24) is 5.32 Å². The van der Waals surface area contributed by atoms with Gasteiger partial charge in [-0.1, -0.05) is 0 Å². The maximum Gasteiger partial charge on any atom is 0.412 e. The molecule has 0 unspecified atom stereocenters. The molecule has 0 aliphatic carbocycles. The first-order valence-electron chi connectivity index (χ1n) is 3.14. The molecule has 0 radical (unpaired) electrons. The van der Waals surface area contributed by atoms with E-state index in [1.165, 1.54) is 27.0 Å². The molecule has 0 rings (SSSR count). The lowest BCUT2D eigenvalue weighted by Crippen LogP contribution is -2.18. The summed E-state index contributed by atoms with van der Waals surface area (Å²) in [5.74, 6) is 0.142. The SMILES string of the molecule is CNC(=O)OC(C)=CC(C)=O. The summed E-state index contributed by atoms with van der Waals surface area (Å²) < 4.78 is 4.60. The van der Waals surface area contributed by atoms with Crippen molar-refractivity contribution in [1.29, 1.82) is 0 Å². The number of carbonyl (C=O) groups is 2. The van der Waals surface area contributed by atoms with Crippen LogP contribution in [0.3, 0.4) is 0 Å². The highest BCUT2D eigenvalue weighted by atomic mass is 16.6. The van der Waals surface area contributed by atoms with Crippen LogP contribution in [0.1, 0.15) is 13.8 Å². The second kappa shape index (κ2) is 4.49. The van der Waals surface area contributed by atoms with Gasteiger partial charge in [-0.05, 0) is 13.8 Å². The van der Waals surface area contributed by atoms with Crippen LogP contribution in [0.15, 0.2) is 11.8 Å². The second-order valence-corrected chi connectivity index (χ2v) is 2.01. The fraction of sp³-hybridized carbons (Fsp3) is 0.429. The Hall–Kier alpha value is -1.32. The number of hydrogen-bond acceptors (Lipinski definition) is 3.